The van der Waals surface area contributed by atoms with Crippen LogP contribution in [0.4, 0.5) is 5.69 Å². The summed E-state index contributed by atoms with van der Waals surface area (Å²) in [5.41, 5.74) is 4.00. The van der Waals surface area contributed by atoms with E-state index in [0.29, 0.717) is 16.4 Å². The summed E-state index contributed by atoms with van der Waals surface area (Å²) in [6, 6.07) is 16.6. The number of hydrogen-bond acceptors (Lipinski definition) is 3. The number of anilines is 1. The Hall–Kier alpha value is -3.12. The van der Waals surface area contributed by atoms with Gasteiger partial charge in [-0.25, -0.2) is 4.68 Å². The number of rotatable bonds is 5. The van der Waals surface area contributed by atoms with Gasteiger partial charge in [0.05, 0.1) is 12.2 Å². The van der Waals surface area contributed by atoms with E-state index in [0.717, 1.165) is 36.2 Å². The Labute approximate surface area is 167 Å². The zero-order valence-electron chi connectivity index (χ0n) is 15.1. The maximum Gasteiger partial charge on any atom is 0.272 e. The Balaban J connectivity index is 1.45. The van der Waals surface area contributed by atoms with Crippen LogP contribution in [0.1, 0.15) is 28.2 Å². The average molecular weight is 395 g/mol. The van der Waals surface area contributed by atoms with Gasteiger partial charge in [0.1, 0.15) is 0 Å². The van der Waals surface area contributed by atoms with Gasteiger partial charge in [-0.2, -0.15) is 5.10 Å². The highest BCUT2D eigenvalue weighted by molar-refractivity contribution is 6.30. The van der Waals surface area contributed by atoms with Crippen molar-refractivity contribution < 1.29 is 9.59 Å². The molecule has 2 amide bonds. The maximum absolute atomic E-state index is 12.7. The first-order valence-corrected chi connectivity index (χ1v) is 9.49. The number of para-hydroxylation sites is 1. The van der Waals surface area contributed by atoms with Gasteiger partial charge in [-0.1, -0.05) is 29.8 Å². The first-order chi connectivity index (χ1) is 13.6. The Morgan fingerprint density at radius 2 is 1.79 bits per heavy atom. The molecule has 28 heavy (non-hydrogen) atoms. The van der Waals surface area contributed by atoms with E-state index in [1.165, 1.54) is 0 Å². The number of hydrogen-bond donors (Lipinski definition) is 2. The molecule has 0 saturated carbocycles. The molecule has 4 rings (SSSR count). The largest absolute Gasteiger partial charge is 0.342 e. The fraction of sp³-hybridized carbons (Fsp3) is 0.190. The molecular formula is C21H19ClN4O2. The number of nitrogens with one attached hydrogen (secondary N) is 2. The fourth-order valence-electron chi connectivity index (χ4n) is 3.39. The smallest absolute Gasteiger partial charge is 0.272 e. The Bertz CT molecular complexity index is 1010. The van der Waals surface area contributed by atoms with Crippen LogP contribution in [0.2, 0.25) is 5.02 Å². The lowest BCUT2D eigenvalue weighted by Gasteiger charge is -2.07. The summed E-state index contributed by atoms with van der Waals surface area (Å²) in [6.07, 6.45) is 2.71. The van der Waals surface area contributed by atoms with Crippen molar-refractivity contribution in [3.63, 3.8) is 0 Å². The number of halogens is 1. The fourth-order valence-corrected chi connectivity index (χ4v) is 3.51. The van der Waals surface area contributed by atoms with E-state index < -0.39 is 0 Å². The van der Waals surface area contributed by atoms with E-state index in [1.54, 1.807) is 24.3 Å². The molecule has 3 aromatic rings. The molecule has 1 heterocycles. The lowest BCUT2D eigenvalue weighted by molar-refractivity contribution is -0.115. The monoisotopic (exact) mass is 394 g/mol. The second kappa shape index (κ2) is 7.86. The Morgan fingerprint density at radius 3 is 2.54 bits per heavy atom. The van der Waals surface area contributed by atoms with Crippen LogP contribution in [0, 0.1) is 0 Å². The third-order valence-electron chi connectivity index (χ3n) is 4.68. The van der Waals surface area contributed by atoms with Gasteiger partial charge in [0, 0.05) is 22.0 Å². The molecule has 142 valence electrons. The van der Waals surface area contributed by atoms with E-state index >= 15 is 0 Å². The van der Waals surface area contributed by atoms with E-state index in [2.05, 4.69) is 15.7 Å². The van der Waals surface area contributed by atoms with Gasteiger partial charge in [-0.05, 0) is 55.7 Å². The van der Waals surface area contributed by atoms with Crippen LogP contribution in [0.15, 0.2) is 54.6 Å². The molecule has 0 bridgehead atoms. The second-order valence-corrected chi connectivity index (χ2v) is 7.05. The SMILES string of the molecule is O=C(CNC(=O)c1nn(-c2ccccc2)c2c1CCC2)Nc1ccc(Cl)cc1. The van der Waals surface area contributed by atoms with Crippen LogP contribution in [0.5, 0.6) is 0 Å². The Morgan fingerprint density at radius 1 is 1.04 bits per heavy atom. The summed E-state index contributed by atoms with van der Waals surface area (Å²) in [5, 5.41) is 10.5. The van der Waals surface area contributed by atoms with Gasteiger partial charge in [-0.15, -0.1) is 0 Å². The third-order valence-corrected chi connectivity index (χ3v) is 4.94. The minimum Gasteiger partial charge on any atom is -0.342 e. The highest BCUT2D eigenvalue weighted by Gasteiger charge is 2.27. The van der Waals surface area contributed by atoms with Crippen molar-refractivity contribution in [3.8, 4) is 5.69 Å². The molecular weight excluding hydrogens is 376 g/mol. The molecule has 0 unspecified atom stereocenters. The van der Waals surface area contributed by atoms with Crippen LogP contribution >= 0.6 is 11.6 Å². The number of amides is 2. The predicted octanol–water partition coefficient (Wildman–Crippen LogP) is 3.38. The highest BCUT2D eigenvalue weighted by Crippen LogP contribution is 2.27. The van der Waals surface area contributed by atoms with E-state index in [9.17, 15) is 9.59 Å². The van der Waals surface area contributed by atoms with Crippen molar-refractivity contribution in [1.29, 1.82) is 0 Å². The number of nitrogens with zero attached hydrogens (tertiary/aromatic N) is 2. The number of aromatic nitrogens is 2. The molecule has 0 fully saturated rings. The van der Waals surface area contributed by atoms with Crippen molar-refractivity contribution in [2.24, 2.45) is 0 Å². The molecule has 7 heteroatoms. The second-order valence-electron chi connectivity index (χ2n) is 6.61. The summed E-state index contributed by atoms with van der Waals surface area (Å²) < 4.78 is 1.84. The van der Waals surface area contributed by atoms with Crippen molar-refractivity contribution in [3.05, 3.63) is 76.6 Å². The molecule has 2 N–H and O–H groups in total. The molecule has 1 aliphatic rings. The lowest BCUT2D eigenvalue weighted by Crippen LogP contribution is -2.33. The summed E-state index contributed by atoms with van der Waals surface area (Å²) in [5.74, 6) is -0.645. The van der Waals surface area contributed by atoms with E-state index in [-0.39, 0.29) is 18.4 Å². The van der Waals surface area contributed by atoms with Crippen LogP contribution in [-0.2, 0) is 17.6 Å². The van der Waals surface area contributed by atoms with Crippen molar-refractivity contribution >= 4 is 29.1 Å². The zero-order valence-corrected chi connectivity index (χ0v) is 15.9. The van der Waals surface area contributed by atoms with E-state index in [4.69, 9.17) is 11.6 Å². The van der Waals surface area contributed by atoms with Crippen LogP contribution in [0.25, 0.3) is 5.69 Å². The van der Waals surface area contributed by atoms with Gasteiger partial charge in [-0.3, -0.25) is 9.59 Å². The zero-order chi connectivity index (χ0) is 19.5. The number of carbonyl (C=O) groups excluding carboxylic acids is 2. The lowest BCUT2D eigenvalue weighted by atomic mass is 10.2. The third kappa shape index (κ3) is 3.77. The summed E-state index contributed by atoms with van der Waals surface area (Å²) >= 11 is 5.83. The minimum absolute atomic E-state index is 0.131. The summed E-state index contributed by atoms with van der Waals surface area (Å²) in [4.78, 5) is 24.8. The maximum atomic E-state index is 12.7. The van der Waals surface area contributed by atoms with Crippen molar-refractivity contribution in [2.45, 2.75) is 19.3 Å². The molecule has 1 aliphatic carbocycles. The van der Waals surface area contributed by atoms with Gasteiger partial charge >= 0.3 is 0 Å². The standard InChI is InChI=1S/C21H19ClN4O2/c22-14-9-11-15(12-10-14)24-19(27)13-23-21(28)20-17-7-4-8-18(17)26(25-20)16-5-2-1-3-6-16/h1-3,5-6,9-12H,4,7-8,13H2,(H,23,28)(H,24,27). The summed E-state index contributed by atoms with van der Waals surface area (Å²) in [6.45, 7) is -0.131. The van der Waals surface area contributed by atoms with Crippen LogP contribution < -0.4 is 10.6 Å². The molecule has 0 spiro atoms. The topological polar surface area (TPSA) is 76.0 Å². The van der Waals surface area contributed by atoms with Crippen molar-refractivity contribution in [1.82, 2.24) is 15.1 Å². The van der Waals surface area contributed by atoms with Gasteiger partial charge in [0.15, 0.2) is 5.69 Å². The number of carbonyl (C=O) groups is 2. The first kappa shape index (κ1) is 18.3. The van der Waals surface area contributed by atoms with Gasteiger partial charge in [0.25, 0.3) is 5.91 Å². The highest BCUT2D eigenvalue weighted by atomic mass is 35.5. The predicted molar refractivity (Wildman–Crippen MR) is 108 cm³/mol. The molecule has 0 atom stereocenters. The minimum atomic E-state index is -0.334. The molecule has 1 aromatic heterocycles. The van der Waals surface area contributed by atoms with Gasteiger partial charge in [0.2, 0.25) is 5.91 Å². The molecule has 6 nitrogen and oxygen atoms in total. The van der Waals surface area contributed by atoms with Crippen molar-refractivity contribution in [2.75, 3.05) is 11.9 Å². The molecule has 0 aliphatic heterocycles. The molecule has 0 saturated heterocycles. The quantitative estimate of drug-likeness (QED) is 0.696. The summed E-state index contributed by atoms with van der Waals surface area (Å²) in [7, 11) is 0. The van der Waals surface area contributed by atoms with Gasteiger partial charge < -0.3 is 10.6 Å². The van der Waals surface area contributed by atoms with E-state index in [1.807, 2.05) is 35.0 Å². The Kier molecular flexibility index (Phi) is 5.12. The number of benzene rings is 2. The average Bonchev–Trinajstić information content (AvgIpc) is 3.31. The normalized spacial score (nSPS) is 12.5. The number of fused-ring (bicyclic) bond motifs is 1. The van der Waals surface area contributed by atoms with Crippen LogP contribution in [-0.4, -0.2) is 28.1 Å². The molecule has 2 aromatic carbocycles. The molecule has 0 radical (unpaired) electrons. The van der Waals surface area contributed by atoms with Crippen LogP contribution in [0.3, 0.4) is 0 Å². The first-order valence-electron chi connectivity index (χ1n) is 9.11.